The van der Waals surface area contributed by atoms with E-state index in [4.69, 9.17) is 37.2 Å². The van der Waals surface area contributed by atoms with Crippen molar-refractivity contribution in [3.63, 3.8) is 0 Å². The van der Waals surface area contributed by atoms with E-state index < -0.39 is 0 Å². The Morgan fingerprint density at radius 2 is 2.05 bits per heavy atom. The number of benzene rings is 1. The summed E-state index contributed by atoms with van der Waals surface area (Å²) in [5, 5.41) is 4.29. The monoisotopic (exact) mass is 302 g/mol. The zero-order valence-electron chi connectivity index (χ0n) is 10.4. The Balaban J connectivity index is 2.41. The number of methoxy groups -OCH3 is 2. The van der Waals surface area contributed by atoms with Crippen molar-refractivity contribution in [2.24, 2.45) is 0 Å². The Hall–Kier alpha value is -1.46. The van der Waals surface area contributed by atoms with Crippen LogP contribution in [0.4, 0.5) is 0 Å². The smallest absolute Gasteiger partial charge is 0.228 e. The summed E-state index contributed by atoms with van der Waals surface area (Å²) in [6.45, 7) is 0. The van der Waals surface area contributed by atoms with Crippen LogP contribution in [-0.4, -0.2) is 30.2 Å². The third-order valence-electron chi connectivity index (χ3n) is 2.47. The number of hydrogen-bond donors (Lipinski definition) is 0. The number of ether oxygens (including phenoxy) is 2. The maximum Gasteiger partial charge on any atom is 0.228 e. The van der Waals surface area contributed by atoms with Crippen LogP contribution in [0.1, 0.15) is 5.89 Å². The molecule has 1 aromatic heterocycles. The molecule has 0 radical (unpaired) electrons. The quantitative estimate of drug-likeness (QED) is 0.794. The number of aryl methyl sites for hydroxylation is 1. The molecule has 0 aliphatic rings. The van der Waals surface area contributed by atoms with Gasteiger partial charge in [0.1, 0.15) is 0 Å². The maximum absolute atomic E-state index is 6.12. The molecule has 0 aliphatic heterocycles. The van der Waals surface area contributed by atoms with Gasteiger partial charge in [-0.25, -0.2) is 0 Å². The minimum atomic E-state index is 0.417. The number of halogens is 2. The minimum Gasteiger partial charge on any atom is -0.493 e. The molecule has 102 valence electrons. The van der Waals surface area contributed by atoms with Crippen LogP contribution < -0.4 is 9.47 Å². The summed E-state index contributed by atoms with van der Waals surface area (Å²) in [6, 6.07) is 3.43. The van der Waals surface area contributed by atoms with Gasteiger partial charge in [0, 0.05) is 17.9 Å². The average molecular weight is 303 g/mol. The average Bonchev–Trinajstić information content (AvgIpc) is 2.86. The van der Waals surface area contributed by atoms with Crippen LogP contribution in [0.3, 0.4) is 0 Å². The highest BCUT2D eigenvalue weighted by Gasteiger charge is 2.15. The van der Waals surface area contributed by atoms with E-state index in [9.17, 15) is 0 Å². The SMILES string of the molecule is COc1cc(-c2noc(CCCl)n2)cc(Cl)c1OC. The molecule has 0 bridgehead atoms. The first-order valence-electron chi connectivity index (χ1n) is 5.50. The molecular formula is C12H12Cl2N2O3. The molecule has 0 atom stereocenters. The number of aromatic nitrogens is 2. The Morgan fingerprint density at radius 3 is 2.68 bits per heavy atom. The first-order valence-corrected chi connectivity index (χ1v) is 6.41. The van der Waals surface area contributed by atoms with E-state index in [1.54, 1.807) is 12.1 Å². The van der Waals surface area contributed by atoms with Gasteiger partial charge in [-0.05, 0) is 12.1 Å². The molecule has 1 heterocycles. The fourth-order valence-electron chi connectivity index (χ4n) is 1.60. The largest absolute Gasteiger partial charge is 0.493 e. The molecule has 0 fully saturated rings. The van der Waals surface area contributed by atoms with Crippen molar-refractivity contribution >= 4 is 23.2 Å². The van der Waals surface area contributed by atoms with Crippen molar-refractivity contribution in [3.05, 3.63) is 23.0 Å². The lowest BCUT2D eigenvalue weighted by Gasteiger charge is -2.10. The molecule has 0 saturated heterocycles. The zero-order chi connectivity index (χ0) is 13.8. The second kappa shape index (κ2) is 6.12. The summed E-state index contributed by atoms with van der Waals surface area (Å²) in [5.74, 6) is 2.32. The lowest BCUT2D eigenvalue weighted by Crippen LogP contribution is -1.93. The number of nitrogens with zero attached hydrogens (tertiary/aromatic N) is 2. The second-order valence-electron chi connectivity index (χ2n) is 3.64. The fourth-order valence-corrected chi connectivity index (χ4v) is 2.05. The van der Waals surface area contributed by atoms with E-state index in [1.165, 1.54) is 14.2 Å². The van der Waals surface area contributed by atoms with Gasteiger partial charge >= 0.3 is 0 Å². The van der Waals surface area contributed by atoms with Gasteiger partial charge in [-0.2, -0.15) is 4.98 Å². The molecule has 0 N–H and O–H groups in total. The number of hydrogen-bond acceptors (Lipinski definition) is 5. The van der Waals surface area contributed by atoms with Crippen molar-refractivity contribution in [3.8, 4) is 22.9 Å². The molecule has 0 amide bonds. The van der Waals surface area contributed by atoms with Crippen LogP contribution in [0, 0.1) is 0 Å². The van der Waals surface area contributed by atoms with E-state index in [2.05, 4.69) is 10.1 Å². The molecule has 0 unspecified atom stereocenters. The van der Waals surface area contributed by atoms with Gasteiger partial charge in [0.25, 0.3) is 0 Å². The van der Waals surface area contributed by atoms with Gasteiger partial charge in [-0.15, -0.1) is 11.6 Å². The summed E-state index contributed by atoms with van der Waals surface area (Å²) < 4.78 is 15.4. The number of alkyl halides is 1. The van der Waals surface area contributed by atoms with Gasteiger partial charge in [0.15, 0.2) is 11.5 Å². The molecule has 5 nitrogen and oxygen atoms in total. The summed E-state index contributed by atoms with van der Waals surface area (Å²) in [4.78, 5) is 4.23. The summed E-state index contributed by atoms with van der Waals surface area (Å²) in [6.07, 6.45) is 0.523. The first kappa shape index (κ1) is 14.0. The van der Waals surface area contributed by atoms with Crippen molar-refractivity contribution in [1.82, 2.24) is 10.1 Å². The Labute approximate surface area is 120 Å². The molecule has 19 heavy (non-hydrogen) atoms. The van der Waals surface area contributed by atoms with Crippen molar-refractivity contribution in [1.29, 1.82) is 0 Å². The van der Waals surface area contributed by atoms with Gasteiger partial charge < -0.3 is 14.0 Å². The highest BCUT2D eigenvalue weighted by Crippen LogP contribution is 2.38. The van der Waals surface area contributed by atoms with Crippen LogP contribution in [0.25, 0.3) is 11.4 Å². The molecule has 0 aliphatic carbocycles. The molecule has 7 heteroatoms. The Kier molecular flexibility index (Phi) is 4.50. The van der Waals surface area contributed by atoms with Gasteiger partial charge in [0.2, 0.25) is 11.7 Å². The molecule has 1 aromatic carbocycles. The highest BCUT2D eigenvalue weighted by atomic mass is 35.5. The topological polar surface area (TPSA) is 57.4 Å². The van der Waals surface area contributed by atoms with Gasteiger partial charge in [-0.1, -0.05) is 16.8 Å². The van der Waals surface area contributed by atoms with Crippen molar-refractivity contribution in [2.75, 3.05) is 20.1 Å². The fraction of sp³-hybridized carbons (Fsp3) is 0.333. The summed E-state index contributed by atoms with van der Waals surface area (Å²) >= 11 is 11.7. The van der Waals surface area contributed by atoms with Crippen LogP contribution in [0.5, 0.6) is 11.5 Å². The van der Waals surface area contributed by atoms with E-state index in [1.807, 2.05) is 0 Å². The van der Waals surface area contributed by atoms with Gasteiger partial charge in [0.05, 0.1) is 19.2 Å². The predicted octanol–water partition coefficient (Wildman–Crippen LogP) is 3.19. The molecule has 2 aromatic rings. The Morgan fingerprint density at radius 1 is 1.26 bits per heavy atom. The molecule has 0 saturated carbocycles. The third kappa shape index (κ3) is 2.93. The number of rotatable bonds is 5. The zero-order valence-corrected chi connectivity index (χ0v) is 12.0. The molecule has 0 spiro atoms. The van der Waals surface area contributed by atoms with Crippen molar-refractivity contribution < 1.29 is 14.0 Å². The minimum absolute atomic E-state index is 0.417. The van der Waals surface area contributed by atoms with E-state index in [0.29, 0.717) is 46.1 Å². The van der Waals surface area contributed by atoms with E-state index in [-0.39, 0.29) is 0 Å². The van der Waals surface area contributed by atoms with Crippen molar-refractivity contribution in [2.45, 2.75) is 6.42 Å². The van der Waals surface area contributed by atoms with Crippen LogP contribution in [-0.2, 0) is 6.42 Å². The third-order valence-corrected chi connectivity index (χ3v) is 2.94. The first-order chi connectivity index (χ1) is 9.19. The van der Waals surface area contributed by atoms with Crippen LogP contribution >= 0.6 is 23.2 Å². The molecular weight excluding hydrogens is 291 g/mol. The normalized spacial score (nSPS) is 10.5. The second-order valence-corrected chi connectivity index (χ2v) is 4.43. The molecule has 2 rings (SSSR count). The van der Waals surface area contributed by atoms with Crippen LogP contribution in [0.15, 0.2) is 16.7 Å². The highest BCUT2D eigenvalue weighted by molar-refractivity contribution is 6.32. The van der Waals surface area contributed by atoms with E-state index >= 15 is 0 Å². The maximum atomic E-state index is 6.12. The van der Waals surface area contributed by atoms with E-state index in [0.717, 1.165) is 0 Å². The summed E-state index contributed by atoms with van der Waals surface area (Å²) in [7, 11) is 3.06. The predicted molar refractivity (Wildman–Crippen MR) is 72.3 cm³/mol. The standard InChI is InChI=1S/C12H12Cl2N2O3/c1-17-9-6-7(5-8(14)11(9)18-2)12-15-10(3-4-13)19-16-12/h5-6H,3-4H2,1-2H3. The Bertz CT molecular complexity index is 572. The van der Waals surface area contributed by atoms with Gasteiger partial charge in [-0.3, -0.25) is 0 Å². The summed E-state index contributed by atoms with van der Waals surface area (Å²) in [5.41, 5.74) is 0.687. The lowest BCUT2D eigenvalue weighted by molar-refractivity contribution is 0.355. The van der Waals surface area contributed by atoms with Crippen LogP contribution in [0.2, 0.25) is 5.02 Å². The lowest BCUT2D eigenvalue weighted by atomic mass is 10.2.